The summed E-state index contributed by atoms with van der Waals surface area (Å²) in [5.41, 5.74) is 4.15. The van der Waals surface area contributed by atoms with Crippen LogP contribution in [-0.2, 0) is 17.8 Å². The Labute approximate surface area is 168 Å². The number of benzene rings is 1. The zero-order chi connectivity index (χ0) is 19.5. The van der Waals surface area contributed by atoms with Crippen LogP contribution in [0.3, 0.4) is 0 Å². The van der Waals surface area contributed by atoms with Gasteiger partial charge in [-0.15, -0.1) is 0 Å². The summed E-state index contributed by atoms with van der Waals surface area (Å²) in [5, 5.41) is 7.87. The Morgan fingerprint density at radius 3 is 2.89 bits per heavy atom. The van der Waals surface area contributed by atoms with Gasteiger partial charge in [0.05, 0.1) is 23.3 Å². The van der Waals surface area contributed by atoms with Crippen LogP contribution in [0.4, 0.5) is 5.13 Å². The fourth-order valence-electron chi connectivity index (χ4n) is 3.37. The van der Waals surface area contributed by atoms with Gasteiger partial charge in [0.15, 0.2) is 5.13 Å². The van der Waals surface area contributed by atoms with Crippen LogP contribution in [0.15, 0.2) is 30.6 Å². The second kappa shape index (κ2) is 8.20. The molecule has 7 nitrogen and oxygen atoms in total. The molecule has 28 heavy (non-hydrogen) atoms. The zero-order valence-corrected chi connectivity index (χ0v) is 16.9. The Morgan fingerprint density at radius 2 is 2.07 bits per heavy atom. The maximum absolute atomic E-state index is 11.6. The fourth-order valence-corrected chi connectivity index (χ4v) is 4.41. The molecule has 1 aromatic carbocycles. The lowest BCUT2D eigenvalue weighted by Gasteiger charge is -2.24. The van der Waals surface area contributed by atoms with Crippen LogP contribution in [0.5, 0.6) is 0 Å². The van der Waals surface area contributed by atoms with Crippen molar-refractivity contribution in [1.29, 1.82) is 0 Å². The molecule has 0 fully saturated rings. The smallest absolute Gasteiger partial charge is 0.219 e. The third-order valence-corrected chi connectivity index (χ3v) is 6.06. The van der Waals surface area contributed by atoms with Crippen LogP contribution in [0.25, 0.3) is 11.0 Å². The summed E-state index contributed by atoms with van der Waals surface area (Å²) in [5.74, 6) is 0.131. The maximum Gasteiger partial charge on any atom is 0.219 e. The highest BCUT2D eigenvalue weighted by Gasteiger charge is 2.22. The summed E-state index contributed by atoms with van der Waals surface area (Å²) in [4.78, 5) is 28.0. The molecule has 3 aromatic rings. The van der Waals surface area contributed by atoms with Gasteiger partial charge in [-0.05, 0) is 24.6 Å². The number of hydrogen-bond donors (Lipinski definition) is 2. The molecule has 1 amide bonds. The number of carbonyl (C=O) groups is 1. The Morgan fingerprint density at radius 1 is 1.25 bits per heavy atom. The molecule has 8 heteroatoms. The molecule has 0 spiro atoms. The number of nitrogens with one attached hydrogen (secondary N) is 2. The summed E-state index contributed by atoms with van der Waals surface area (Å²) < 4.78 is 0. The predicted octanol–water partition coefficient (Wildman–Crippen LogP) is 2.75. The standard InChI is InChI=1S/C20H24N6OS/c1-13(15-3-4-16-18(11-15)23-8-7-22-16)21-6-9-24-20-25-17-5-10-26(14(2)27)12-19(17)28-20/h3-4,7-8,11,13,21H,5-6,9-10,12H2,1-2H3,(H,24,25). The largest absolute Gasteiger partial charge is 0.360 e. The third-order valence-electron chi connectivity index (χ3n) is 5.02. The van der Waals surface area contributed by atoms with Gasteiger partial charge in [0.25, 0.3) is 0 Å². The Balaban J connectivity index is 1.28. The highest BCUT2D eigenvalue weighted by atomic mass is 32.1. The number of hydrogen-bond acceptors (Lipinski definition) is 7. The van der Waals surface area contributed by atoms with Crippen molar-refractivity contribution in [3.8, 4) is 0 Å². The van der Waals surface area contributed by atoms with Crippen molar-refractivity contribution in [3.05, 3.63) is 46.7 Å². The van der Waals surface area contributed by atoms with Crippen molar-refractivity contribution in [2.24, 2.45) is 0 Å². The molecule has 146 valence electrons. The molecular weight excluding hydrogens is 372 g/mol. The number of nitrogens with zero attached hydrogens (tertiary/aromatic N) is 4. The molecule has 0 radical (unpaired) electrons. The first-order chi connectivity index (χ1) is 13.6. The van der Waals surface area contributed by atoms with E-state index in [0.717, 1.165) is 47.9 Å². The first-order valence-corrected chi connectivity index (χ1v) is 10.3. The van der Waals surface area contributed by atoms with Crippen LogP contribution in [-0.4, -0.2) is 45.4 Å². The lowest BCUT2D eigenvalue weighted by molar-refractivity contribution is -0.129. The quantitative estimate of drug-likeness (QED) is 0.624. The van der Waals surface area contributed by atoms with Crippen molar-refractivity contribution < 1.29 is 4.79 Å². The molecular formula is C20H24N6OS. The summed E-state index contributed by atoms with van der Waals surface area (Å²) in [6.45, 7) is 6.84. The van der Waals surface area contributed by atoms with Gasteiger partial charge < -0.3 is 15.5 Å². The summed E-state index contributed by atoms with van der Waals surface area (Å²) in [6, 6.07) is 6.42. The normalized spacial score (nSPS) is 14.7. The number of carbonyl (C=O) groups excluding carboxylic acids is 1. The van der Waals surface area contributed by atoms with Gasteiger partial charge in [0.2, 0.25) is 5.91 Å². The fraction of sp³-hybridized carbons (Fsp3) is 0.400. The van der Waals surface area contributed by atoms with Gasteiger partial charge in [0, 0.05) is 56.3 Å². The van der Waals surface area contributed by atoms with E-state index in [4.69, 9.17) is 0 Å². The Bertz CT molecular complexity index is 988. The van der Waals surface area contributed by atoms with Crippen LogP contribution in [0, 0.1) is 0 Å². The summed E-state index contributed by atoms with van der Waals surface area (Å²) in [6.07, 6.45) is 4.27. The zero-order valence-electron chi connectivity index (χ0n) is 16.1. The highest BCUT2D eigenvalue weighted by Crippen LogP contribution is 2.28. The highest BCUT2D eigenvalue weighted by molar-refractivity contribution is 7.15. The van der Waals surface area contributed by atoms with E-state index < -0.39 is 0 Å². The Kier molecular flexibility index (Phi) is 5.50. The molecule has 0 saturated carbocycles. The van der Waals surface area contributed by atoms with Gasteiger partial charge in [-0.3, -0.25) is 14.8 Å². The average molecular weight is 397 g/mol. The maximum atomic E-state index is 11.6. The molecule has 2 N–H and O–H groups in total. The van der Waals surface area contributed by atoms with E-state index in [1.54, 1.807) is 30.7 Å². The first kappa shape index (κ1) is 18.8. The molecule has 4 rings (SSSR count). The van der Waals surface area contributed by atoms with Crippen molar-refractivity contribution in [2.75, 3.05) is 25.0 Å². The second-order valence-electron chi connectivity index (χ2n) is 6.99. The average Bonchev–Trinajstić information content (AvgIpc) is 3.12. The Hall–Kier alpha value is -2.58. The van der Waals surface area contributed by atoms with Gasteiger partial charge in [0.1, 0.15) is 0 Å². The van der Waals surface area contributed by atoms with Gasteiger partial charge in [-0.2, -0.15) is 0 Å². The molecule has 0 bridgehead atoms. The molecule has 1 aliphatic rings. The number of fused-ring (bicyclic) bond motifs is 2. The SMILES string of the molecule is CC(=O)N1CCc2nc(NCCNC(C)c3ccc4nccnc4c3)sc2C1. The molecule has 1 aliphatic heterocycles. The molecule has 0 aliphatic carbocycles. The van der Waals surface area contributed by atoms with Crippen LogP contribution in [0.2, 0.25) is 0 Å². The van der Waals surface area contributed by atoms with Gasteiger partial charge in [-0.25, -0.2) is 4.98 Å². The first-order valence-electron chi connectivity index (χ1n) is 9.52. The van der Waals surface area contributed by atoms with E-state index in [0.29, 0.717) is 6.54 Å². The molecule has 3 heterocycles. The number of aromatic nitrogens is 3. The lowest BCUT2D eigenvalue weighted by Crippen LogP contribution is -2.33. The number of thiazole rings is 1. The molecule has 0 saturated heterocycles. The van der Waals surface area contributed by atoms with E-state index >= 15 is 0 Å². The number of anilines is 1. The van der Waals surface area contributed by atoms with Crippen molar-refractivity contribution in [2.45, 2.75) is 32.9 Å². The van der Waals surface area contributed by atoms with E-state index in [-0.39, 0.29) is 11.9 Å². The van der Waals surface area contributed by atoms with Gasteiger partial charge >= 0.3 is 0 Å². The summed E-state index contributed by atoms with van der Waals surface area (Å²) in [7, 11) is 0. The van der Waals surface area contributed by atoms with Crippen LogP contribution in [0.1, 0.15) is 36.0 Å². The summed E-state index contributed by atoms with van der Waals surface area (Å²) >= 11 is 1.65. The van der Waals surface area contributed by atoms with E-state index in [1.807, 2.05) is 11.0 Å². The molecule has 1 atom stereocenters. The van der Waals surface area contributed by atoms with Gasteiger partial charge in [-0.1, -0.05) is 17.4 Å². The molecule has 1 unspecified atom stereocenters. The van der Waals surface area contributed by atoms with Crippen molar-refractivity contribution in [3.63, 3.8) is 0 Å². The minimum Gasteiger partial charge on any atom is -0.360 e. The number of amides is 1. The minimum absolute atomic E-state index is 0.131. The monoisotopic (exact) mass is 396 g/mol. The third kappa shape index (κ3) is 4.13. The van der Waals surface area contributed by atoms with Crippen molar-refractivity contribution in [1.82, 2.24) is 25.2 Å². The van der Waals surface area contributed by atoms with E-state index in [9.17, 15) is 4.79 Å². The predicted molar refractivity (Wildman–Crippen MR) is 111 cm³/mol. The van der Waals surface area contributed by atoms with Crippen LogP contribution < -0.4 is 10.6 Å². The van der Waals surface area contributed by atoms with Crippen LogP contribution >= 0.6 is 11.3 Å². The molecule has 2 aromatic heterocycles. The van der Waals surface area contributed by atoms with E-state index in [1.165, 1.54) is 10.4 Å². The van der Waals surface area contributed by atoms with Crippen molar-refractivity contribution >= 4 is 33.4 Å². The topological polar surface area (TPSA) is 83.0 Å². The number of rotatable bonds is 6. The minimum atomic E-state index is 0.131. The second-order valence-corrected chi connectivity index (χ2v) is 8.07. The lowest BCUT2D eigenvalue weighted by atomic mass is 10.1. The van der Waals surface area contributed by atoms with E-state index in [2.05, 4.69) is 44.6 Å².